The van der Waals surface area contributed by atoms with E-state index in [0.29, 0.717) is 0 Å². The molecule has 1 aromatic carbocycles. The fourth-order valence-electron chi connectivity index (χ4n) is 2.15. The molecule has 0 bridgehead atoms. The van der Waals surface area contributed by atoms with Gasteiger partial charge in [-0.3, -0.25) is 0 Å². The lowest BCUT2D eigenvalue weighted by Gasteiger charge is -2.27. The summed E-state index contributed by atoms with van der Waals surface area (Å²) < 4.78 is 0. The van der Waals surface area contributed by atoms with Crippen LogP contribution in [0.15, 0.2) is 24.3 Å². The Morgan fingerprint density at radius 1 is 1.23 bits per heavy atom. The number of benzene rings is 1. The maximum atomic E-state index is 2.33. The molecule has 1 saturated carbocycles. The van der Waals surface area contributed by atoms with E-state index < -0.39 is 0 Å². The summed E-state index contributed by atoms with van der Waals surface area (Å²) >= 11 is 0. The fourth-order valence-corrected chi connectivity index (χ4v) is 2.15. The second kappa shape index (κ2) is 3.95. The third kappa shape index (κ3) is 1.77. The zero-order chi connectivity index (χ0) is 9.10. The van der Waals surface area contributed by atoms with Crippen LogP contribution in [0.4, 0.5) is 0 Å². The predicted octanol–water partition coefficient (Wildman–Crippen LogP) is 3.91. The van der Waals surface area contributed by atoms with Gasteiger partial charge in [-0.05, 0) is 36.3 Å². The molecule has 0 saturated heterocycles. The second-order valence-corrected chi connectivity index (χ2v) is 4.08. The third-order valence-corrected chi connectivity index (χ3v) is 3.12. The molecule has 0 nitrogen and oxygen atoms in total. The molecule has 0 spiro atoms. The lowest BCUT2D eigenvalue weighted by atomic mass is 9.78. The van der Waals surface area contributed by atoms with Gasteiger partial charge in [0, 0.05) is 0 Å². The molecule has 13 heavy (non-hydrogen) atoms. The van der Waals surface area contributed by atoms with Gasteiger partial charge in [-0.2, -0.15) is 0 Å². The Kier molecular flexibility index (Phi) is 2.68. The Labute approximate surface area is 81.0 Å². The first-order valence-corrected chi connectivity index (χ1v) is 5.49. The van der Waals surface area contributed by atoms with Crippen molar-refractivity contribution >= 4 is 0 Å². The standard InChI is InChI=1S/C13H18/c1-2-6-11-7-3-4-10-13(11)12-8-5-9-12/h3-4,7,10,12H,2,5-6,8-9H2,1H3. The lowest BCUT2D eigenvalue weighted by Crippen LogP contribution is -2.10. The summed E-state index contributed by atoms with van der Waals surface area (Å²) in [5, 5.41) is 0. The Morgan fingerprint density at radius 3 is 2.62 bits per heavy atom. The highest BCUT2D eigenvalue weighted by Gasteiger charge is 2.20. The van der Waals surface area contributed by atoms with Crippen LogP contribution in [-0.2, 0) is 6.42 Å². The van der Waals surface area contributed by atoms with Crippen LogP contribution in [0, 0.1) is 0 Å². The van der Waals surface area contributed by atoms with E-state index in [4.69, 9.17) is 0 Å². The highest BCUT2D eigenvalue weighted by atomic mass is 14.3. The van der Waals surface area contributed by atoms with Gasteiger partial charge in [0.2, 0.25) is 0 Å². The minimum absolute atomic E-state index is 0.891. The van der Waals surface area contributed by atoms with Crippen molar-refractivity contribution in [2.45, 2.75) is 44.9 Å². The number of aryl methyl sites for hydroxylation is 1. The summed E-state index contributed by atoms with van der Waals surface area (Å²) in [7, 11) is 0. The Bertz CT molecular complexity index is 271. The van der Waals surface area contributed by atoms with E-state index in [9.17, 15) is 0 Å². The summed E-state index contributed by atoms with van der Waals surface area (Å²) in [5.74, 6) is 0.891. The predicted molar refractivity (Wildman–Crippen MR) is 57.0 cm³/mol. The molecule has 0 heteroatoms. The van der Waals surface area contributed by atoms with Crippen molar-refractivity contribution in [2.24, 2.45) is 0 Å². The largest absolute Gasteiger partial charge is 0.0651 e. The second-order valence-electron chi connectivity index (χ2n) is 4.08. The molecule has 0 amide bonds. The van der Waals surface area contributed by atoms with Gasteiger partial charge in [0.05, 0.1) is 0 Å². The zero-order valence-electron chi connectivity index (χ0n) is 8.42. The van der Waals surface area contributed by atoms with E-state index in [2.05, 4.69) is 31.2 Å². The van der Waals surface area contributed by atoms with E-state index >= 15 is 0 Å². The van der Waals surface area contributed by atoms with Crippen LogP contribution in [0.1, 0.15) is 49.7 Å². The van der Waals surface area contributed by atoms with E-state index in [1.807, 2.05) is 0 Å². The van der Waals surface area contributed by atoms with Crippen molar-refractivity contribution < 1.29 is 0 Å². The van der Waals surface area contributed by atoms with E-state index in [-0.39, 0.29) is 0 Å². The topological polar surface area (TPSA) is 0 Å². The molecule has 0 radical (unpaired) electrons. The van der Waals surface area contributed by atoms with Crippen molar-refractivity contribution in [1.29, 1.82) is 0 Å². The highest BCUT2D eigenvalue weighted by Crippen LogP contribution is 2.38. The first kappa shape index (κ1) is 8.80. The van der Waals surface area contributed by atoms with Gasteiger partial charge in [0.1, 0.15) is 0 Å². The van der Waals surface area contributed by atoms with E-state index in [1.54, 1.807) is 11.1 Å². The zero-order valence-corrected chi connectivity index (χ0v) is 8.42. The number of hydrogen-bond acceptors (Lipinski definition) is 0. The molecule has 1 aliphatic rings. The van der Waals surface area contributed by atoms with Crippen LogP contribution >= 0.6 is 0 Å². The Balaban J connectivity index is 2.20. The highest BCUT2D eigenvalue weighted by molar-refractivity contribution is 5.31. The minimum Gasteiger partial charge on any atom is -0.0651 e. The number of hydrogen-bond donors (Lipinski definition) is 0. The van der Waals surface area contributed by atoms with Crippen LogP contribution in [0.5, 0.6) is 0 Å². The minimum atomic E-state index is 0.891. The molecule has 0 aromatic heterocycles. The maximum Gasteiger partial charge on any atom is -0.0159 e. The van der Waals surface area contributed by atoms with Gasteiger partial charge in [0.15, 0.2) is 0 Å². The van der Waals surface area contributed by atoms with E-state index in [0.717, 1.165) is 5.92 Å². The van der Waals surface area contributed by atoms with Crippen molar-refractivity contribution in [2.75, 3.05) is 0 Å². The normalized spacial score (nSPS) is 17.0. The van der Waals surface area contributed by atoms with E-state index in [1.165, 1.54) is 32.1 Å². The van der Waals surface area contributed by atoms with Gasteiger partial charge in [-0.1, -0.05) is 44.0 Å². The molecule has 1 aromatic rings. The molecule has 0 aliphatic heterocycles. The van der Waals surface area contributed by atoms with Gasteiger partial charge in [0.25, 0.3) is 0 Å². The molecule has 70 valence electrons. The van der Waals surface area contributed by atoms with Gasteiger partial charge < -0.3 is 0 Å². The molecule has 1 fully saturated rings. The van der Waals surface area contributed by atoms with Gasteiger partial charge in [-0.15, -0.1) is 0 Å². The van der Waals surface area contributed by atoms with Gasteiger partial charge in [-0.25, -0.2) is 0 Å². The lowest BCUT2D eigenvalue weighted by molar-refractivity contribution is 0.417. The first-order valence-electron chi connectivity index (χ1n) is 5.49. The van der Waals surface area contributed by atoms with Crippen molar-refractivity contribution in [1.82, 2.24) is 0 Å². The fraction of sp³-hybridized carbons (Fsp3) is 0.538. The average molecular weight is 174 g/mol. The van der Waals surface area contributed by atoms with Crippen molar-refractivity contribution in [3.05, 3.63) is 35.4 Å². The molecule has 0 atom stereocenters. The summed E-state index contributed by atoms with van der Waals surface area (Å²) in [5.41, 5.74) is 3.23. The molecule has 0 N–H and O–H groups in total. The van der Waals surface area contributed by atoms with Crippen molar-refractivity contribution in [3.63, 3.8) is 0 Å². The molecule has 2 rings (SSSR count). The quantitative estimate of drug-likeness (QED) is 0.651. The number of rotatable bonds is 3. The SMILES string of the molecule is CCCc1ccccc1C1CCC1. The smallest absolute Gasteiger partial charge is 0.0159 e. The molecule has 0 unspecified atom stereocenters. The Morgan fingerprint density at radius 2 is 2.00 bits per heavy atom. The van der Waals surface area contributed by atoms with Crippen molar-refractivity contribution in [3.8, 4) is 0 Å². The first-order chi connectivity index (χ1) is 6.42. The summed E-state index contributed by atoms with van der Waals surface area (Å²) in [4.78, 5) is 0. The van der Waals surface area contributed by atoms with Crippen LogP contribution in [-0.4, -0.2) is 0 Å². The average Bonchev–Trinajstić information content (AvgIpc) is 2.05. The maximum absolute atomic E-state index is 2.33. The molecular weight excluding hydrogens is 156 g/mol. The summed E-state index contributed by atoms with van der Waals surface area (Å²) in [6, 6.07) is 8.99. The molecule has 0 heterocycles. The Hall–Kier alpha value is -0.780. The van der Waals surface area contributed by atoms with Crippen LogP contribution < -0.4 is 0 Å². The third-order valence-electron chi connectivity index (χ3n) is 3.12. The molecular formula is C13H18. The van der Waals surface area contributed by atoms with Gasteiger partial charge >= 0.3 is 0 Å². The van der Waals surface area contributed by atoms with Crippen LogP contribution in [0.2, 0.25) is 0 Å². The summed E-state index contributed by atoms with van der Waals surface area (Å²) in [6.07, 6.45) is 6.79. The molecule has 1 aliphatic carbocycles. The van der Waals surface area contributed by atoms with Crippen LogP contribution in [0.25, 0.3) is 0 Å². The van der Waals surface area contributed by atoms with Crippen LogP contribution in [0.3, 0.4) is 0 Å². The summed E-state index contributed by atoms with van der Waals surface area (Å²) in [6.45, 7) is 2.26. The monoisotopic (exact) mass is 174 g/mol.